The Labute approximate surface area is 98.8 Å². The molecule has 0 aromatic heterocycles. The third-order valence-electron chi connectivity index (χ3n) is 1.63. The number of benzene rings is 1. The molecular formula is C10H6F4N2O2. The van der Waals surface area contributed by atoms with Crippen molar-refractivity contribution < 1.29 is 27.1 Å². The van der Waals surface area contributed by atoms with Crippen LogP contribution in [0.2, 0.25) is 0 Å². The summed E-state index contributed by atoms with van der Waals surface area (Å²) in [7, 11) is 0. The highest BCUT2D eigenvalue weighted by atomic mass is 19.4. The van der Waals surface area contributed by atoms with E-state index in [1.807, 2.05) is 0 Å². The predicted molar refractivity (Wildman–Crippen MR) is 51.9 cm³/mol. The maximum Gasteiger partial charge on any atom is 0.573 e. The van der Waals surface area contributed by atoms with Crippen LogP contribution in [0.4, 0.5) is 23.2 Å². The minimum absolute atomic E-state index is 0.227. The Hall–Kier alpha value is -2.30. The molecule has 1 rings (SSSR count). The van der Waals surface area contributed by atoms with E-state index in [9.17, 15) is 22.4 Å². The Morgan fingerprint density at radius 2 is 2.06 bits per heavy atom. The van der Waals surface area contributed by atoms with Crippen molar-refractivity contribution in [2.75, 3.05) is 5.32 Å². The summed E-state index contributed by atoms with van der Waals surface area (Å²) < 4.78 is 52.2. The Balaban J connectivity index is 2.88. The fraction of sp³-hybridized carbons (Fsp3) is 0.200. The van der Waals surface area contributed by atoms with Gasteiger partial charge in [0, 0.05) is 17.8 Å². The van der Waals surface area contributed by atoms with Crippen LogP contribution in [-0.4, -0.2) is 12.3 Å². The van der Waals surface area contributed by atoms with Crippen LogP contribution in [-0.2, 0) is 4.79 Å². The SMILES string of the molecule is N#CCC(=O)Nc1cc(F)cc(OC(F)(F)F)c1. The fourth-order valence-electron chi connectivity index (χ4n) is 1.10. The first-order chi connectivity index (χ1) is 8.30. The van der Waals surface area contributed by atoms with Crippen LogP contribution in [0.5, 0.6) is 5.75 Å². The van der Waals surface area contributed by atoms with Crippen molar-refractivity contribution in [2.24, 2.45) is 0 Å². The lowest BCUT2D eigenvalue weighted by Crippen LogP contribution is -2.17. The van der Waals surface area contributed by atoms with E-state index in [0.717, 1.165) is 12.1 Å². The molecule has 18 heavy (non-hydrogen) atoms. The van der Waals surface area contributed by atoms with Gasteiger partial charge >= 0.3 is 6.36 Å². The van der Waals surface area contributed by atoms with Gasteiger partial charge in [-0.2, -0.15) is 5.26 Å². The van der Waals surface area contributed by atoms with E-state index < -0.39 is 30.3 Å². The van der Waals surface area contributed by atoms with Gasteiger partial charge in [-0.15, -0.1) is 13.2 Å². The molecule has 0 bridgehead atoms. The van der Waals surface area contributed by atoms with Crippen molar-refractivity contribution >= 4 is 11.6 Å². The van der Waals surface area contributed by atoms with Crippen molar-refractivity contribution in [1.29, 1.82) is 5.26 Å². The first-order valence-electron chi connectivity index (χ1n) is 4.53. The van der Waals surface area contributed by atoms with Crippen molar-refractivity contribution in [3.63, 3.8) is 0 Å². The largest absolute Gasteiger partial charge is 0.573 e. The zero-order valence-electron chi connectivity index (χ0n) is 8.71. The number of alkyl halides is 3. The number of halogens is 4. The van der Waals surface area contributed by atoms with Crippen LogP contribution in [0, 0.1) is 17.1 Å². The van der Waals surface area contributed by atoms with E-state index >= 15 is 0 Å². The zero-order chi connectivity index (χ0) is 13.8. The van der Waals surface area contributed by atoms with E-state index in [1.165, 1.54) is 6.07 Å². The summed E-state index contributed by atoms with van der Waals surface area (Å²) in [5.41, 5.74) is -0.227. The average molecular weight is 262 g/mol. The Morgan fingerprint density at radius 1 is 1.39 bits per heavy atom. The number of anilines is 1. The van der Waals surface area contributed by atoms with E-state index in [4.69, 9.17) is 5.26 Å². The summed E-state index contributed by atoms with van der Waals surface area (Å²) in [6, 6.07) is 3.66. The van der Waals surface area contributed by atoms with Crippen LogP contribution in [0.15, 0.2) is 18.2 Å². The average Bonchev–Trinajstić information content (AvgIpc) is 2.13. The second-order valence-corrected chi connectivity index (χ2v) is 3.11. The van der Waals surface area contributed by atoms with Gasteiger partial charge in [-0.25, -0.2) is 4.39 Å². The smallest absolute Gasteiger partial charge is 0.406 e. The Bertz CT molecular complexity index is 494. The number of nitriles is 1. The first-order valence-corrected chi connectivity index (χ1v) is 4.53. The molecule has 4 nitrogen and oxygen atoms in total. The topological polar surface area (TPSA) is 62.1 Å². The number of nitrogens with zero attached hydrogens (tertiary/aromatic N) is 1. The lowest BCUT2D eigenvalue weighted by atomic mass is 10.3. The molecular weight excluding hydrogens is 256 g/mol. The highest BCUT2D eigenvalue weighted by Crippen LogP contribution is 2.26. The molecule has 0 aliphatic rings. The number of amides is 1. The van der Waals surface area contributed by atoms with E-state index in [2.05, 4.69) is 10.1 Å². The summed E-state index contributed by atoms with van der Waals surface area (Å²) in [6.07, 6.45) is -5.45. The number of ether oxygens (including phenoxy) is 1. The lowest BCUT2D eigenvalue weighted by Gasteiger charge is -2.10. The highest BCUT2D eigenvalue weighted by molar-refractivity contribution is 5.92. The Morgan fingerprint density at radius 3 is 2.61 bits per heavy atom. The van der Waals surface area contributed by atoms with Gasteiger partial charge in [0.2, 0.25) is 5.91 Å². The molecule has 0 saturated carbocycles. The summed E-state index contributed by atoms with van der Waals surface area (Å²) in [4.78, 5) is 11.0. The molecule has 0 aliphatic carbocycles. The van der Waals surface area contributed by atoms with Gasteiger partial charge in [0.05, 0.1) is 6.07 Å². The number of rotatable bonds is 3. The van der Waals surface area contributed by atoms with Gasteiger partial charge in [0.25, 0.3) is 0 Å². The third-order valence-corrected chi connectivity index (χ3v) is 1.63. The van der Waals surface area contributed by atoms with Crippen LogP contribution in [0.1, 0.15) is 6.42 Å². The third kappa shape index (κ3) is 4.69. The van der Waals surface area contributed by atoms with Gasteiger partial charge in [0.1, 0.15) is 18.0 Å². The van der Waals surface area contributed by atoms with Gasteiger partial charge < -0.3 is 10.1 Å². The zero-order valence-corrected chi connectivity index (χ0v) is 8.71. The summed E-state index contributed by atoms with van der Waals surface area (Å²) in [6.45, 7) is 0. The number of hydrogen-bond donors (Lipinski definition) is 1. The molecule has 8 heteroatoms. The molecule has 96 valence electrons. The molecule has 1 amide bonds. The molecule has 1 aromatic carbocycles. The summed E-state index contributed by atoms with van der Waals surface area (Å²) in [5, 5.41) is 10.3. The predicted octanol–water partition coefficient (Wildman–Crippen LogP) is 2.58. The van der Waals surface area contributed by atoms with E-state index in [1.54, 1.807) is 0 Å². The van der Waals surface area contributed by atoms with Gasteiger partial charge in [0.15, 0.2) is 0 Å². The minimum atomic E-state index is -4.96. The number of hydrogen-bond acceptors (Lipinski definition) is 3. The maximum absolute atomic E-state index is 13.0. The molecule has 0 spiro atoms. The van der Waals surface area contributed by atoms with Crippen LogP contribution < -0.4 is 10.1 Å². The molecule has 0 radical (unpaired) electrons. The molecule has 1 aromatic rings. The lowest BCUT2D eigenvalue weighted by molar-refractivity contribution is -0.274. The number of carbonyl (C=O) groups is 1. The normalized spacial score (nSPS) is 10.6. The second-order valence-electron chi connectivity index (χ2n) is 3.11. The minimum Gasteiger partial charge on any atom is -0.406 e. The number of carbonyl (C=O) groups excluding carboxylic acids is 1. The highest BCUT2D eigenvalue weighted by Gasteiger charge is 2.31. The van der Waals surface area contributed by atoms with Crippen molar-refractivity contribution in [1.82, 2.24) is 0 Å². The molecule has 0 unspecified atom stereocenters. The van der Waals surface area contributed by atoms with E-state index in [-0.39, 0.29) is 5.69 Å². The fourth-order valence-corrected chi connectivity index (χ4v) is 1.10. The van der Waals surface area contributed by atoms with Crippen molar-refractivity contribution in [3.8, 4) is 11.8 Å². The van der Waals surface area contributed by atoms with Crippen LogP contribution >= 0.6 is 0 Å². The molecule has 0 heterocycles. The molecule has 1 N–H and O–H groups in total. The standard InChI is InChI=1S/C10H6F4N2O2/c11-6-3-7(16-9(17)1-2-15)5-8(4-6)18-10(12,13)14/h3-5H,1H2,(H,16,17). The summed E-state index contributed by atoms with van der Waals surface area (Å²) in [5.74, 6) is -2.57. The van der Waals surface area contributed by atoms with Crippen molar-refractivity contribution in [2.45, 2.75) is 12.8 Å². The molecule has 0 atom stereocenters. The maximum atomic E-state index is 13.0. The Kier molecular flexibility index (Phi) is 4.09. The van der Waals surface area contributed by atoms with Crippen LogP contribution in [0.3, 0.4) is 0 Å². The second kappa shape index (κ2) is 5.35. The molecule has 0 fully saturated rings. The first kappa shape index (κ1) is 13.8. The van der Waals surface area contributed by atoms with Crippen molar-refractivity contribution in [3.05, 3.63) is 24.0 Å². The van der Waals surface area contributed by atoms with Crippen LogP contribution in [0.25, 0.3) is 0 Å². The number of nitrogens with one attached hydrogen (secondary N) is 1. The summed E-state index contributed by atoms with van der Waals surface area (Å²) >= 11 is 0. The molecule has 0 aliphatic heterocycles. The van der Waals surface area contributed by atoms with Gasteiger partial charge in [-0.3, -0.25) is 4.79 Å². The van der Waals surface area contributed by atoms with Gasteiger partial charge in [-0.1, -0.05) is 0 Å². The molecule has 0 saturated heterocycles. The quantitative estimate of drug-likeness (QED) is 0.851. The van der Waals surface area contributed by atoms with E-state index in [0.29, 0.717) is 6.07 Å². The monoisotopic (exact) mass is 262 g/mol. The van der Waals surface area contributed by atoms with Gasteiger partial charge in [-0.05, 0) is 6.07 Å².